The number of benzene rings is 1. The van der Waals surface area contributed by atoms with Gasteiger partial charge < -0.3 is 15.5 Å². The number of halogens is 1. The van der Waals surface area contributed by atoms with Crippen molar-refractivity contribution in [3.05, 3.63) is 40.6 Å². The molecule has 0 saturated heterocycles. The summed E-state index contributed by atoms with van der Waals surface area (Å²) in [6, 6.07) is 4.50. The third kappa shape index (κ3) is 3.35. The van der Waals surface area contributed by atoms with Crippen molar-refractivity contribution in [3.63, 3.8) is 0 Å². The minimum Gasteiger partial charge on any atom is -0.507 e. The summed E-state index contributed by atoms with van der Waals surface area (Å²) in [6.45, 7) is -0.292. The van der Waals surface area contributed by atoms with Gasteiger partial charge in [-0.2, -0.15) is 5.10 Å². The first-order valence-corrected chi connectivity index (χ1v) is 6.29. The van der Waals surface area contributed by atoms with Crippen LogP contribution in [0.15, 0.2) is 35.1 Å². The summed E-state index contributed by atoms with van der Waals surface area (Å²) in [4.78, 5) is 22.5. The molecule has 3 N–H and O–H groups in total. The quantitative estimate of drug-likeness (QED) is 0.786. The number of rotatable bonds is 4. The molecule has 0 aliphatic rings. The van der Waals surface area contributed by atoms with Crippen LogP contribution in [-0.2, 0) is 11.3 Å². The number of hydrogen-bond donors (Lipinski definition) is 3. The number of aromatic nitrogens is 2. The minimum absolute atomic E-state index is 0.110. The fraction of sp³-hybridized carbons (Fsp3) is 0.0833. The summed E-state index contributed by atoms with van der Waals surface area (Å²) in [5.74, 6) is -1.70. The predicted octanol–water partition coefficient (Wildman–Crippen LogP) is 1.69. The Hall–Kier alpha value is -2.35. The molecule has 1 aromatic heterocycles. The van der Waals surface area contributed by atoms with Gasteiger partial charge in [0.2, 0.25) is 0 Å². The predicted molar refractivity (Wildman–Crippen MR) is 73.6 cm³/mol. The van der Waals surface area contributed by atoms with Gasteiger partial charge in [-0.1, -0.05) is 15.9 Å². The number of nitrogens with one attached hydrogen (secondary N) is 1. The number of carboxylic acid groups (broad SMARTS) is 1. The van der Waals surface area contributed by atoms with Crippen molar-refractivity contribution in [2.75, 3.05) is 5.32 Å². The second-order valence-electron chi connectivity index (χ2n) is 3.94. The first-order valence-electron chi connectivity index (χ1n) is 5.50. The Morgan fingerprint density at radius 1 is 1.40 bits per heavy atom. The maximum absolute atomic E-state index is 11.9. The van der Waals surface area contributed by atoms with Crippen LogP contribution in [0.5, 0.6) is 5.75 Å². The number of phenols is 1. The first kappa shape index (κ1) is 14.1. The Morgan fingerprint density at radius 3 is 2.80 bits per heavy atom. The molecule has 0 bridgehead atoms. The highest BCUT2D eigenvalue weighted by Crippen LogP contribution is 2.23. The van der Waals surface area contributed by atoms with Crippen LogP contribution in [0, 0.1) is 0 Å². The fourth-order valence-corrected chi connectivity index (χ4v) is 1.90. The van der Waals surface area contributed by atoms with E-state index in [2.05, 4.69) is 26.3 Å². The number of hydrogen-bond acceptors (Lipinski definition) is 4. The standard InChI is InChI=1S/C12H10BrN3O4/c13-7-1-2-9(10(17)3-7)12(20)15-8-4-14-16(5-8)6-11(18)19/h1-5,17H,6H2,(H,15,20)(H,18,19). The molecule has 2 rings (SSSR count). The second-order valence-corrected chi connectivity index (χ2v) is 4.85. The first-order chi connectivity index (χ1) is 9.45. The molecule has 0 saturated carbocycles. The average Bonchev–Trinajstić information content (AvgIpc) is 2.75. The lowest BCUT2D eigenvalue weighted by molar-refractivity contribution is -0.137. The zero-order chi connectivity index (χ0) is 14.7. The number of carboxylic acids is 1. The summed E-state index contributed by atoms with van der Waals surface area (Å²) < 4.78 is 1.83. The van der Waals surface area contributed by atoms with Crippen molar-refractivity contribution >= 4 is 33.5 Å². The monoisotopic (exact) mass is 339 g/mol. The van der Waals surface area contributed by atoms with E-state index in [1.165, 1.54) is 29.2 Å². The number of aromatic hydroxyl groups is 1. The maximum atomic E-state index is 11.9. The minimum atomic E-state index is -1.03. The third-order valence-electron chi connectivity index (χ3n) is 2.39. The number of anilines is 1. The van der Waals surface area contributed by atoms with Gasteiger partial charge in [0.15, 0.2) is 0 Å². The lowest BCUT2D eigenvalue weighted by Crippen LogP contribution is -2.12. The van der Waals surface area contributed by atoms with Gasteiger partial charge in [0.1, 0.15) is 12.3 Å². The molecule has 104 valence electrons. The third-order valence-corrected chi connectivity index (χ3v) is 2.89. The van der Waals surface area contributed by atoms with Crippen LogP contribution in [0.3, 0.4) is 0 Å². The van der Waals surface area contributed by atoms with Gasteiger partial charge in [0.05, 0.1) is 17.4 Å². The Labute approximate surface area is 122 Å². The van der Waals surface area contributed by atoms with Crippen LogP contribution in [0.2, 0.25) is 0 Å². The Bertz CT molecular complexity index is 668. The van der Waals surface area contributed by atoms with E-state index >= 15 is 0 Å². The van der Waals surface area contributed by atoms with Crippen molar-refractivity contribution < 1.29 is 19.8 Å². The number of amides is 1. The molecule has 2 aromatic rings. The second kappa shape index (κ2) is 5.74. The highest BCUT2D eigenvalue weighted by Gasteiger charge is 2.12. The highest BCUT2D eigenvalue weighted by atomic mass is 79.9. The molecule has 7 nitrogen and oxygen atoms in total. The van der Waals surface area contributed by atoms with Crippen LogP contribution in [0.4, 0.5) is 5.69 Å². The van der Waals surface area contributed by atoms with Gasteiger partial charge in [-0.05, 0) is 18.2 Å². The molecule has 0 aliphatic carbocycles. The van der Waals surface area contributed by atoms with Crippen LogP contribution >= 0.6 is 15.9 Å². The maximum Gasteiger partial charge on any atom is 0.325 e. The summed E-state index contributed by atoms with van der Waals surface area (Å²) >= 11 is 3.18. The number of phenolic OH excluding ortho intramolecular Hbond substituents is 1. The number of nitrogens with zero attached hydrogens (tertiary/aromatic N) is 2. The highest BCUT2D eigenvalue weighted by molar-refractivity contribution is 9.10. The molecular weight excluding hydrogens is 330 g/mol. The normalized spacial score (nSPS) is 10.2. The van der Waals surface area contributed by atoms with Gasteiger partial charge in [0.25, 0.3) is 5.91 Å². The van der Waals surface area contributed by atoms with E-state index in [9.17, 15) is 14.7 Å². The van der Waals surface area contributed by atoms with E-state index in [4.69, 9.17) is 5.11 Å². The molecule has 1 amide bonds. The molecule has 0 radical (unpaired) electrons. The van der Waals surface area contributed by atoms with Crippen molar-refractivity contribution in [1.82, 2.24) is 9.78 Å². The smallest absolute Gasteiger partial charge is 0.325 e. The fourth-order valence-electron chi connectivity index (χ4n) is 1.55. The van der Waals surface area contributed by atoms with Crippen LogP contribution < -0.4 is 5.32 Å². The molecule has 1 heterocycles. The molecule has 8 heteroatoms. The largest absolute Gasteiger partial charge is 0.507 e. The van der Waals surface area contributed by atoms with E-state index in [1.54, 1.807) is 6.07 Å². The van der Waals surface area contributed by atoms with Crippen molar-refractivity contribution in [2.45, 2.75) is 6.54 Å². The lowest BCUT2D eigenvalue weighted by Gasteiger charge is -2.05. The number of carbonyl (C=O) groups is 2. The summed E-state index contributed by atoms with van der Waals surface area (Å²) in [5.41, 5.74) is 0.456. The molecule has 0 fully saturated rings. The number of carbonyl (C=O) groups excluding carboxylic acids is 1. The van der Waals surface area contributed by atoms with E-state index in [1.807, 2.05) is 0 Å². The van der Waals surface area contributed by atoms with Crippen LogP contribution in [0.25, 0.3) is 0 Å². The summed E-state index contributed by atoms with van der Waals surface area (Å²) in [6.07, 6.45) is 2.72. The van der Waals surface area contributed by atoms with Crippen molar-refractivity contribution in [1.29, 1.82) is 0 Å². The van der Waals surface area contributed by atoms with Gasteiger partial charge in [-0.3, -0.25) is 14.3 Å². The van der Waals surface area contributed by atoms with Gasteiger partial charge >= 0.3 is 5.97 Å². The van der Waals surface area contributed by atoms with Crippen molar-refractivity contribution in [2.24, 2.45) is 0 Å². The van der Waals surface area contributed by atoms with E-state index in [0.717, 1.165) is 0 Å². The van der Waals surface area contributed by atoms with Gasteiger partial charge in [-0.25, -0.2) is 0 Å². The molecule has 0 aliphatic heterocycles. The Balaban J connectivity index is 2.11. The lowest BCUT2D eigenvalue weighted by atomic mass is 10.2. The summed E-state index contributed by atoms with van der Waals surface area (Å²) in [7, 11) is 0. The summed E-state index contributed by atoms with van der Waals surface area (Å²) in [5, 5.41) is 24.6. The van der Waals surface area contributed by atoms with E-state index in [0.29, 0.717) is 10.2 Å². The van der Waals surface area contributed by atoms with Crippen LogP contribution in [0.1, 0.15) is 10.4 Å². The molecular formula is C12H10BrN3O4. The molecule has 0 unspecified atom stereocenters. The molecule has 20 heavy (non-hydrogen) atoms. The van der Waals surface area contributed by atoms with E-state index in [-0.39, 0.29) is 17.9 Å². The van der Waals surface area contributed by atoms with Crippen LogP contribution in [-0.4, -0.2) is 31.9 Å². The topological polar surface area (TPSA) is 104 Å². The van der Waals surface area contributed by atoms with Gasteiger partial charge in [-0.15, -0.1) is 0 Å². The van der Waals surface area contributed by atoms with Gasteiger partial charge in [0, 0.05) is 10.7 Å². The molecule has 1 aromatic carbocycles. The molecule has 0 atom stereocenters. The zero-order valence-corrected chi connectivity index (χ0v) is 11.7. The Kier molecular flexibility index (Phi) is 4.04. The SMILES string of the molecule is O=C(O)Cn1cc(NC(=O)c2ccc(Br)cc2O)cn1. The number of aliphatic carboxylic acids is 1. The molecule has 0 spiro atoms. The van der Waals surface area contributed by atoms with E-state index < -0.39 is 11.9 Å². The Morgan fingerprint density at radius 2 is 2.15 bits per heavy atom. The zero-order valence-electron chi connectivity index (χ0n) is 10.1. The average molecular weight is 340 g/mol. The van der Waals surface area contributed by atoms with Crippen molar-refractivity contribution in [3.8, 4) is 5.75 Å².